The standard InChI is InChI=1S/C15H25N3O4/c1-7-11(18-14(20)22-15(4,5)6)8-16-13(19)12-9(2)21-10(3)17-12/h11H,7-8H2,1-6H3,(H,16,19)(H,18,20)/t11-/m1/s1. The molecule has 7 nitrogen and oxygen atoms in total. The van der Waals surface area contributed by atoms with Crippen molar-refractivity contribution >= 4 is 12.0 Å². The Bertz CT molecular complexity index is 531. The second kappa shape index (κ2) is 7.29. The summed E-state index contributed by atoms with van der Waals surface area (Å²) in [6.07, 6.45) is 0.165. The minimum atomic E-state index is -0.555. The minimum Gasteiger partial charge on any atom is -0.445 e. The Hall–Kier alpha value is -2.05. The second-order valence-electron chi connectivity index (χ2n) is 6.10. The molecule has 0 fully saturated rings. The van der Waals surface area contributed by atoms with Gasteiger partial charge in [0.2, 0.25) is 0 Å². The van der Waals surface area contributed by atoms with Gasteiger partial charge in [0.1, 0.15) is 11.4 Å². The van der Waals surface area contributed by atoms with Crippen molar-refractivity contribution < 1.29 is 18.7 Å². The van der Waals surface area contributed by atoms with E-state index in [1.54, 1.807) is 34.6 Å². The number of hydrogen-bond donors (Lipinski definition) is 2. The second-order valence-corrected chi connectivity index (χ2v) is 6.10. The average Bonchev–Trinajstić information content (AvgIpc) is 2.71. The fourth-order valence-electron chi connectivity index (χ4n) is 1.81. The monoisotopic (exact) mass is 311 g/mol. The van der Waals surface area contributed by atoms with Gasteiger partial charge in [-0.05, 0) is 34.1 Å². The summed E-state index contributed by atoms with van der Waals surface area (Å²) in [5, 5.41) is 5.47. The molecule has 0 aliphatic carbocycles. The quantitative estimate of drug-likeness (QED) is 0.870. The minimum absolute atomic E-state index is 0.216. The van der Waals surface area contributed by atoms with Gasteiger partial charge in [0.25, 0.3) is 5.91 Å². The predicted octanol–water partition coefficient (Wildman–Crippen LogP) is 2.32. The van der Waals surface area contributed by atoms with E-state index in [2.05, 4.69) is 15.6 Å². The summed E-state index contributed by atoms with van der Waals surface area (Å²) in [6, 6.07) is -0.216. The van der Waals surface area contributed by atoms with Crippen LogP contribution in [0.5, 0.6) is 0 Å². The number of aryl methyl sites for hydroxylation is 2. The first-order valence-corrected chi connectivity index (χ1v) is 7.34. The van der Waals surface area contributed by atoms with Gasteiger partial charge in [-0.3, -0.25) is 4.79 Å². The molecule has 1 aromatic heterocycles. The Balaban J connectivity index is 2.52. The molecule has 0 unspecified atom stereocenters. The highest BCUT2D eigenvalue weighted by Gasteiger charge is 2.20. The number of rotatable bonds is 5. The molecule has 2 N–H and O–H groups in total. The highest BCUT2D eigenvalue weighted by Crippen LogP contribution is 2.09. The van der Waals surface area contributed by atoms with Crippen molar-refractivity contribution in [3.05, 3.63) is 17.3 Å². The maximum Gasteiger partial charge on any atom is 0.407 e. The molecule has 1 atom stereocenters. The van der Waals surface area contributed by atoms with Gasteiger partial charge in [-0.1, -0.05) is 6.92 Å². The molecule has 0 spiro atoms. The van der Waals surface area contributed by atoms with Crippen LogP contribution in [-0.4, -0.2) is 35.2 Å². The molecule has 0 saturated heterocycles. The van der Waals surface area contributed by atoms with Crippen LogP contribution in [0.15, 0.2) is 4.42 Å². The summed E-state index contributed by atoms with van der Waals surface area (Å²) in [4.78, 5) is 27.8. The molecular weight excluding hydrogens is 286 g/mol. The van der Waals surface area contributed by atoms with Gasteiger partial charge in [-0.25, -0.2) is 9.78 Å². The summed E-state index contributed by atoms with van der Waals surface area (Å²) in [5.41, 5.74) is -0.286. The number of nitrogens with one attached hydrogen (secondary N) is 2. The Morgan fingerprint density at radius 2 is 1.95 bits per heavy atom. The summed E-state index contributed by atoms with van der Waals surface area (Å²) in [6.45, 7) is 11.0. The Kier molecular flexibility index (Phi) is 5.96. The normalized spacial score (nSPS) is 12.6. The number of ether oxygens (including phenoxy) is 1. The number of alkyl carbamates (subject to hydrolysis) is 1. The third kappa shape index (κ3) is 5.75. The maximum absolute atomic E-state index is 12.0. The smallest absolute Gasteiger partial charge is 0.407 e. The van der Waals surface area contributed by atoms with Gasteiger partial charge in [-0.2, -0.15) is 0 Å². The van der Waals surface area contributed by atoms with Crippen molar-refractivity contribution in [3.63, 3.8) is 0 Å². The molecule has 0 aliphatic heterocycles. The van der Waals surface area contributed by atoms with Gasteiger partial charge < -0.3 is 19.8 Å². The zero-order valence-electron chi connectivity index (χ0n) is 14.1. The number of amides is 2. The van der Waals surface area contributed by atoms with Crippen molar-refractivity contribution in [1.82, 2.24) is 15.6 Å². The van der Waals surface area contributed by atoms with Crippen molar-refractivity contribution in [3.8, 4) is 0 Å². The molecule has 0 aromatic carbocycles. The third-order valence-electron chi connectivity index (χ3n) is 2.84. The number of oxazole rings is 1. The van der Waals surface area contributed by atoms with Crippen LogP contribution in [0.3, 0.4) is 0 Å². The molecule has 0 radical (unpaired) electrons. The average molecular weight is 311 g/mol. The molecule has 0 bridgehead atoms. The lowest BCUT2D eigenvalue weighted by atomic mass is 10.2. The first-order chi connectivity index (χ1) is 10.1. The van der Waals surface area contributed by atoms with Gasteiger partial charge in [0.15, 0.2) is 11.6 Å². The third-order valence-corrected chi connectivity index (χ3v) is 2.84. The lowest BCUT2D eigenvalue weighted by molar-refractivity contribution is 0.0500. The number of aromatic nitrogens is 1. The van der Waals surface area contributed by atoms with Crippen molar-refractivity contribution in [2.45, 2.75) is 59.6 Å². The van der Waals surface area contributed by atoms with E-state index >= 15 is 0 Å². The van der Waals surface area contributed by atoms with E-state index in [0.717, 1.165) is 0 Å². The number of carbonyl (C=O) groups is 2. The molecule has 22 heavy (non-hydrogen) atoms. The molecule has 0 aliphatic rings. The summed E-state index contributed by atoms with van der Waals surface area (Å²) in [5.74, 6) is 0.600. The molecule has 1 rings (SSSR count). The zero-order valence-corrected chi connectivity index (χ0v) is 14.1. The van der Waals surface area contributed by atoms with Crippen molar-refractivity contribution in [1.29, 1.82) is 0 Å². The lowest BCUT2D eigenvalue weighted by Gasteiger charge is -2.23. The summed E-state index contributed by atoms with van der Waals surface area (Å²) >= 11 is 0. The fourth-order valence-corrected chi connectivity index (χ4v) is 1.81. The molecule has 1 heterocycles. The van der Waals surface area contributed by atoms with Crippen LogP contribution < -0.4 is 10.6 Å². The van der Waals surface area contributed by atoms with E-state index in [1.807, 2.05) is 6.92 Å². The maximum atomic E-state index is 12.0. The highest BCUT2D eigenvalue weighted by molar-refractivity contribution is 5.93. The van der Waals surface area contributed by atoms with Crippen molar-refractivity contribution in [2.24, 2.45) is 0 Å². The van der Waals surface area contributed by atoms with Crippen LogP contribution in [0.4, 0.5) is 4.79 Å². The van der Waals surface area contributed by atoms with Crippen molar-refractivity contribution in [2.75, 3.05) is 6.54 Å². The Morgan fingerprint density at radius 3 is 2.41 bits per heavy atom. The molecular formula is C15H25N3O4. The van der Waals surface area contributed by atoms with E-state index in [4.69, 9.17) is 9.15 Å². The number of carbonyl (C=O) groups excluding carboxylic acids is 2. The van der Waals surface area contributed by atoms with Gasteiger partial charge in [-0.15, -0.1) is 0 Å². The van der Waals surface area contributed by atoms with Gasteiger partial charge >= 0.3 is 6.09 Å². The van der Waals surface area contributed by atoms with Crippen LogP contribution in [0.1, 0.15) is 56.3 Å². The fraction of sp³-hybridized carbons (Fsp3) is 0.667. The topological polar surface area (TPSA) is 93.5 Å². The largest absolute Gasteiger partial charge is 0.445 e. The van der Waals surface area contributed by atoms with Gasteiger partial charge in [0.05, 0.1) is 0 Å². The van der Waals surface area contributed by atoms with E-state index in [1.165, 1.54) is 0 Å². The number of nitrogens with zero attached hydrogens (tertiary/aromatic N) is 1. The van der Waals surface area contributed by atoms with E-state index in [-0.39, 0.29) is 17.6 Å². The molecule has 1 aromatic rings. The highest BCUT2D eigenvalue weighted by atomic mass is 16.6. The van der Waals surface area contributed by atoms with E-state index in [0.29, 0.717) is 24.6 Å². The van der Waals surface area contributed by atoms with E-state index < -0.39 is 11.7 Å². The predicted molar refractivity (Wildman–Crippen MR) is 81.8 cm³/mol. The van der Waals surface area contributed by atoms with Crippen LogP contribution in [0.2, 0.25) is 0 Å². The number of hydrogen-bond acceptors (Lipinski definition) is 5. The lowest BCUT2D eigenvalue weighted by Crippen LogP contribution is -2.45. The van der Waals surface area contributed by atoms with Crippen LogP contribution in [0, 0.1) is 13.8 Å². The molecule has 7 heteroatoms. The van der Waals surface area contributed by atoms with Crippen LogP contribution in [-0.2, 0) is 4.74 Å². The Labute approximate surface area is 130 Å². The van der Waals surface area contributed by atoms with E-state index in [9.17, 15) is 9.59 Å². The molecule has 124 valence electrons. The zero-order chi connectivity index (χ0) is 16.9. The van der Waals surface area contributed by atoms with Crippen LogP contribution >= 0.6 is 0 Å². The summed E-state index contributed by atoms with van der Waals surface area (Å²) in [7, 11) is 0. The first kappa shape index (κ1) is 18.0. The van der Waals surface area contributed by atoms with Gasteiger partial charge in [0, 0.05) is 19.5 Å². The molecule has 2 amide bonds. The molecule has 0 saturated carbocycles. The van der Waals surface area contributed by atoms with Crippen LogP contribution in [0.25, 0.3) is 0 Å². The Morgan fingerprint density at radius 1 is 1.32 bits per heavy atom. The SMILES string of the molecule is CC[C@H](CNC(=O)c1nc(C)oc1C)NC(=O)OC(C)(C)C. The summed E-state index contributed by atoms with van der Waals surface area (Å²) < 4.78 is 10.4. The first-order valence-electron chi connectivity index (χ1n) is 7.34.